The number of benzene rings is 2. The minimum atomic E-state index is 0.808. The molecule has 1 fully saturated rings. The van der Waals surface area contributed by atoms with Gasteiger partial charge in [-0.05, 0) is 55.0 Å². The Labute approximate surface area is 163 Å². The van der Waals surface area contributed by atoms with Gasteiger partial charge in [0.15, 0.2) is 5.52 Å². The second-order valence-corrected chi connectivity index (χ2v) is 7.69. The highest BCUT2D eigenvalue weighted by Crippen LogP contribution is 2.26. The van der Waals surface area contributed by atoms with E-state index in [0.29, 0.717) is 0 Å². The number of morpholine rings is 1. The molecular formula is C24H22N3O+. The fraction of sp³-hybridized carbons (Fsp3) is 0.208. The van der Waals surface area contributed by atoms with E-state index < -0.39 is 0 Å². The number of imidazole rings is 1. The van der Waals surface area contributed by atoms with Crippen LogP contribution in [0.3, 0.4) is 0 Å². The lowest BCUT2D eigenvalue weighted by atomic mass is 10.1. The minimum Gasteiger partial charge on any atom is -0.378 e. The lowest BCUT2D eigenvalue weighted by Gasteiger charge is -2.28. The zero-order valence-electron chi connectivity index (χ0n) is 15.9. The number of hydrogen-bond donors (Lipinski definition) is 0. The average Bonchev–Trinajstić information content (AvgIpc) is 3.13. The SMILES string of the molecule is Cc1ccc2ccc3n4c(ccc5cc(N6CCOCC6)ccc54)c[n+]3c2c1. The fourth-order valence-electron chi connectivity index (χ4n) is 4.46. The Morgan fingerprint density at radius 1 is 0.857 bits per heavy atom. The van der Waals surface area contributed by atoms with Crippen molar-refractivity contribution in [3.63, 3.8) is 0 Å². The van der Waals surface area contributed by atoms with Crippen LogP contribution in [0.15, 0.2) is 66.9 Å². The summed E-state index contributed by atoms with van der Waals surface area (Å²) in [5, 5.41) is 2.52. The lowest BCUT2D eigenvalue weighted by molar-refractivity contribution is -0.479. The molecule has 2 aromatic carbocycles. The third-order valence-corrected chi connectivity index (χ3v) is 5.91. The van der Waals surface area contributed by atoms with Gasteiger partial charge in [-0.3, -0.25) is 0 Å². The smallest absolute Gasteiger partial charge is 0.292 e. The standard InChI is InChI=1S/C24H22N3O/c1-17-2-3-18-5-9-24-26(23(18)14-17)16-21-6-4-19-15-20(7-8-22(19)27(21)24)25-10-12-28-13-11-25/h2-9,14-16H,10-13H2,1H3/q+1. The predicted octanol–water partition coefficient (Wildman–Crippen LogP) is 4.13. The first-order valence-electron chi connectivity index (χ1n) is 9.90. The summed E-state index contributed by atoms with van der Waals surface area (Å²) in [6.45, 7) is 5.69. The Morgan fingerprint density at radius 2 is 1.68 bits per heavy atom. The van der Waals surface area contributed by atoms with Crippen molar-refractivity contribution < 1.29 is 9.14 Å². The van der Waals surface area contributed by atoms with Crippen molar-refractivity contribution >= 4 is 38.7 Å². The molecule has 0 spiro atoms. The number of nitrogens with zero attached hydrogens (tertiary/aromatic N) is 3. The van der Waals surface area contributed by atoms with E-state index in [0.717, 1.165) is 26.3 Å². The van der Waals surface area contributed by atoms with E-state index in [1.807, 2.05) is 0 Å². The molecule has 0 amide bonds. The first-order valence-corrected chi connectivity index (χ1v) is 9.90. The summed E-state index contributed by atoms with van der Waals surface area (Å²) in [5.41, 5.74) is 7.45. The van der Waals surface area contributed by atoms with Crippen molar-refractivity contribution in [1.29, 1.82) is 0 Å². The lowest BCUT2D eigenvalue weighted by Crippen LogP contribution is -2.36. The van der Waals surface area contributed by atoms with Gasteiger partial charge in [0.05, 0.1) is 13.2 Å². The number of pyridine rings is 2. The average molecular weight is 368 g/mol. The summed E-state index contributed by atoms with van der Waals surface area (Å²) in [6.07, 6.45) is 2.24. The van der Waals surface area contributed by atoms with E-state index in [-0.39, 0.29) is 0 Å². The summed E-state index contributed by atoms with van der Waals surface area (Å²) in [4.78, 5) is 2.41. The van der Waals surface area contributed by atoms with E-state index >= 15 is 0 Å². The van der Waals surface area contributed by atoms with Crippen LogP contribution in [0.2, 0.25) is 0 Å². The Hall–Kier alpha value is -3.11. The largest absolute Gasteiger partial charge is 0.378 e. The molecule has 0 unspecified atom stereocenters. The molecule has 4 nitrogen and oxygen atoms in total. The molecule has 4 heteroatoms. The van der Waals surface area contributed by atoms with Crippen LogP contribution in [0.25, 0.3) is 33.0 Å². The number of fused-ring (bicyclic) bond motifs is 7. The predicted molar refractivity (Wildman–Crippen MR) is 113 cm³/mol. The molecule has 4 heterocycles. The summed E-state index contributed by atoms with van der Waals surface area (Å²) in [6, 6.07) is 22.4. The highest BCUT2D eigenvalue weighted by molar-refractivity contribution is 5.88. The molecule has 0 radical (unpaired) electrons. The number of aryl methyl sites for hydroxylation is 1. The molecule has 1 aliphatic rings. The molecule has 1 aliphatic heterocycles. The van der Waals surface area contributed by atoms with Gasteiger partial charge in [0.25, 0.3) is 5.65 Å². The third kappa shape index (κ3) is 2.31. The number of anilines is 1. The van der Waals surface area contributed by atoms with Crippen LogP contribution in [0.4, 0.5) is 5.69 Å². The van der Waals surface area contributed by atoms with Gasteiger partial charge in [-0.15, -0.1) is 0 Å². The van der Waals surface area contributed by atoms with Gasteiger partial charge in [-0.1, -0.05) is 12.1 Å². The molecule has 0 saturated carbocycles. The van der Waals surface area contributed by atoms with Crippen LogP contribution in [-0.2, 0) is 4.74 Å². The van der Waals surface area contributed by atoms with Crippen LogP contribution >= 0.6 is 0 Å². The molecule has 0 atom stereocenters. The van der Waals surface area contributed by atoms with E-state index in [4.69, 9.17) is 4.74 Å². The molecule has 0 bridgehead atoms. The van der Waals surface area contributed by atoms with Gasteiger partial charge in [0.2, 0.25) is 0 Å². The van der Waals surface area contributed by atoms with E-state index in [9.17, 15) is 0 Å². The van der Waals surface area contributed by atoms with Crippen LogP contribution in [0, 0.1) is 6.92 Å². The van der Waals surface area contributed by atoms with Gasteiger partial charge in [-0.25, -0.2) is 0 Å². The van der Waals surface area contributed by atoms with Crippen molar-refractivity contribution in [3.8, 4) is 0 Å². The molecule has 3 aromatic heterocycles. The van der Waals surface area contributed by atoms with Crippen molar-refractivity contribution in [2.45, 2.75) is 6.92 Å². The number of ether oxygens (including phenoxy) is 1. The Balaban J connectivity index is 1.62. The maximum Gasteiger partial charge on any atom is 0.292 e. The normalized spacial score (nSPS) is 15.2. The van der Waals surface area contributed by atoms with Crippen molar-refractivity contribution in [1.82, 2.24) is 4.40 Å². The Morgan fingerprint density at radius 3 is 2.57 bits per heavy atom. The maximum absolute atomic E-state index is 5.50. The highest BCUT2D eigenvalue weighted by atomic mass is 16.5. The molecule has 6 rings (SSSR count). The molecular weight excluding hydrogens is 346 g/mol. The highest BCUT2D eigenvalue weighted by Gasteiger charge is 2.18. The minimum absolute atomic E-state index is 0.808. The molecule has 5 aromatic rings. The van der Waals surface area contributed by atoms with Crippen molar-refractivity contribution in [3.05, 3.63) is 72.4 Å². The summed E-state index contributed by atoms with van der Waals surface area (Å²) in [7, 11) is 0. The van der Waals surface area contributed by atoms with Gasteiger partial charge < -0.3 is 9.64 Å². The van der Waals surface area contributed by atoms with Crippen molar-refractivity contribution in [2.75, 3.05) is 31.2 Å². The summed E-state index contributed by atoms with van der Waals surface area (Å²) in [5.74, 6) is 0. The van der Waals surface area contributed by atoms with Crippen LogP contribution in [-0.4, -0.2) is 30.7 Å². The maximum atomic E-state index is 5.50. The summed E-state index contributed by atoms with van der Waals surface area (Å²) < 4.78 is 10.2. The molecule has 0 N–H and O–H groups in total. The number of hydrogen-bond acceptors (Lipinski definition) is 2. The third-order valence-electron chi connectivity index (χ3n) is 5.91. The zero-order valence-corrected chi connectivity index (χ0v) is 15.9. The first-order chi connectivity index (χ1) is 13.8. The number of aromatic nitrogens is 2. The van der Waals surface area contributed by atoms with E-state index in [1.165, 1.54) is 44.2 Å². The molecule has 0 aliphatic carbocycles. The first kappa shape index (κ1) is 15.9. The Bertz CT molecular complexity index is 1360. The second-order valence-electron chi connectivity index (χ2n) is 7.69. The molecule has 28 heavy (non-hydrogen) atoms. The fourth-order valence-corrected chi connectivity index (χ4v) is 4.46. The monoisotopic (exact) mass is 368 g/mol. The van der Waals surface area contributed by atoms with Crippen LogP contribution in [0.1, 0.15) is 5.56 Å². The van der Waals surface area contributed by atoms with Gasteiger partial charge in [0.1, 0.15) is 17.2 Å². The van der Waals surface area contributed by atoms with Gasteiger partial charge in [-0.2, -0.15) is 8.80 Å². The van der Waals surface area contributed by atoms with Crippen molar-refractivity contribution in [2.24, 2.45) is 0 Å². The van der Waals surface area contributed by atoms with Crippen LogP contribution < -0.4 is 9.30 Å². The number of rotatable bonds is 1. The molecule has 1 saturated heterocycles. The van der Waals surface area contributed by atoms with Crippen LogP contribution in [0.5, 0.6) is 0 Å². The topological polar surface area (TPSA) is 21.0 Å². The van der Waals surface area contributed by atoms with E-state index in [2.05, 4.69) is 87.5 Å². The molecule has 138 valence electrons. The quantitative estimate of drug-likeness (QED) is 0.415. The second kappa shape index (κ2) is 5.94. The summed E-state index contributed by atoms with van der Waals surface area (Å²) >= 11 is 0. The Kier molecular flexibility index (Phi) is 3.38. The van der Waals surface area contributed by atoms with E-state index in [1.54, 1.807) is 0 Å². The van der Waals surface area contributed by atoms with Gasteiger partial charge in [0, 0.05) is 35.6 Å². The van der Waals surface area contributed by atoms with Gasteiger partial charge >= 0.3 is 0 Å². The zero-order chi connectivity index (χ0) is 18.7.